The summed E-state index contributed by atoms with van der Waals surface area (Å²) >= 11 is 0. The second kappa shape index (κ2) is 6.19. The first-order valence-corrected chi connectivity index (χ1v) is 8.49. The third-order valence-corrected chi connectivity index (χ3v) is 4.67. The number of hydrogen-bond donors (Lipinski definition) is 1. The molecular formula is C17H20N6O2. The molecular weight excluding hydrogens is 320 g/mol. The molecule has 1 atom stereocenters. The van der Waals surface area contributed by atoms with Gasteiger partial charge in [-0.25, -0.2) is 4.52 Å². The van der Waals surface area contributed by atoms with Gasteiger partial charge in [-0.3, -0.25) is 14.3 Å². The number of amides is 1. The summed E-state index contributed by atoms with van der Waals surface area (Å²) in [6.45, 7) is 3.14. The van der Waals surface area contributed by atoms with E-state index in [1.54, 1.807) is 21.7 Å². The zero-order valence-electron chi connectivity index (χ0n) is 14.1. The van der Waals surface area contributed by atoms with Crippen molar-refractivity contribution in [2.24, 2.45) is 0 Å². The smallest absolute Gasteiger partial charge is 0.264 e. The number of fused-ring (bicyclic) bond motifs is 1. The van der Waals surface area contributed by atoms with Crippen molar-refractivity contribution in [1.82, 2.24) is 29.3 Å². The molecule has 130 valence electrons. The minimum absolute atomic E-state index is 0.0376. The van der Waals surface area contributed by atoms with E-state index in [0.717, 1.165) is 25.0 Å². The molecule has 0 aliphatic carbocycles. The molecule has 8 nitrogen and oxygen atoms in total. The molecule has 8 heteroatoms. The average molecular weight is 340 g/mol. The number of carbonyl (C=O) groups is 1. The number of rotatable bonds is 3. The molecule has 0 bridgehead atoms. The highest BCUT2D eigenvalue weighted by Gasteiger charge is 2.29. The normalized spacial score (nSPS) is 18.0. The van der Waals surface area contributed by atoms with Crippen LogP contribution < -0.4 is 5.56 Å². The van der Waals surface area contributed by atoms with Crippen molar-refractivity contribution in [2.75, 3.05) is 6.54 Å². The molecule has 25 heavy (non-hydrogen) atoms. The third kappa shape index (κ3) is 2.95. The number of nitrogens with zero attached hydrogens (tertiary/aromatic N) is 5. The Morgan fingerprint density at radius 1 is 1.40 bits per heavy atom. The lowest BCUT2D eigenvalue weighted by Crippen LogP contribution is -2.47. The van der Waals surface area contributed by atoms with Crippen LogP contribution in [0.1, 0.15) is 35.3 Å². The number of aromatic amines is 1. The molecule has 4 rings (SSSR count). The first-order valence-electron chi connectivity index (χ1n) is 8.49. The molecule has 0 radical (unpaired) electrons. The number of H-pyrrole nitrogens is 1. The van der Waals surface area contributed by atoms with Gasteiger partial charge in [0.1, 0.15) is 11.2 Å². The summed E-state index contributed by atoms with van der Waals surface area (Å²) in [5, 5.41) is 8.52. The lowest BCUT2D eigenvalue weighted by atomic mass is 10.0. The Morgan fingerprint density at radius 3 is 3.08 bits per heavy atom. The van der Waals surface area contributed by atoms with E-state index in [1.807, 2.05) is 23.9 Å². The summed E-state index contributed by atoms with van der Waals surface area (Å²) in [6.07, 6.45) is 8.08. The van der Waals surface area contributed by atoms with Gasteiger partial charge in [-0.1, -0.05) is 0 Å². The molecule has 1 N–H and O–H groups in total. The standard InChI is InChI=1S/C17H20N6O2/c1-12-9-15-19-16(24)14(11-23(15)20-12)17(25)22-8-3-2-5-13(22)10-21-7-4-6-18-21/h4,6-7,9,11,13H,2-3,5,8,10H2,1H3,(H,19,24)/t13-/m1/s1. The molecule has 4 heterocycles. The van der Waals surface area contributed by atoms with E-state index >= 15 is 0 Å². The van der Waals surface area contributed by atoms with Gasteiger partial charge >= 0.3 is 0 Å². The Balaban J connectivity index is 1.65. The van der Waals surface area contributed by atoms with Crippen LogP contribution in [-0.2, 0) is 6.54 Å². The van der Waals surface area contributed by atoms with E-state index in [-0.39, 0.29) is 23.1 Å². The summed E-state index contributed by atoms with van der Waals surface area (Å²) in [5.41, 5.74) is 1.13. The van der Waals surface area contributed by atoms with Gasteiger partial charge in [0.05, 0.1) is 18.3 Å². The molecule has 0 saturated carbocycles. The Labute approximate surface area is 144 Å². The highest BCUT2D eigenvalue weighted by Crippen LogP contribution is 2.20. The third-order valence-electron chi connectivity index (χ3n) is 4.67. The SMILES string of the molecule is Cc1cc2[nH]c(=O)c(C(=O)N3CCCC[C@@H]3Cn3cccn3)cn2n1. The van der Waals surface area contributed by atoms with Gasteiger partial charge in [0, 0.05) is 31.2 Å². The van der Waals surface area contributed by atoms with Crippen molar-refractivity contribution in [3.05, 3.63) is 52.3 Å². The zero-order chi connectivity index (χ0) is 17.4. The molecule has 1 amide bonds. The largest absolute Gasteiger partial charge is 0.334 e. The van der Waals surface area contributed by atoms with Crippen molar-refractivity contribution < 1.29 is 4.79 Å². The van der Waals surface area contributed by atoms with E-state index in [2.05, 4.69) is 15.2 Å². The van der Waals surface area contributed by atoms with Crippen LogP contribution in [0.2, 0.25) is 0 Å². The summed E-state index contributed by atoms with van der Waals surface area (Å²) in [5.74, 6) is -0.242. The number of hydrogen-bond acceptors (Lipinski definition) is 4. The lowest BCUT2D eigenvalue weighted by Gasteiger charge is -2.35. The zero-order valence-corrected chi connectivity index (χ0v) is 14.1. The van der Waals surface area contributed by atoms with Crippen LogP contribution in [0.25, 0.3) is 5.65 Å². The number of piperidine rings is 1. The Hall–Kier alpha value is -2.90. The quantitative estimate of drug-likeness (QED) is 0.776. The van der Waals surface area contributed by atoms with Gasteiger partial charge < -0.3 is 9.88 Å². The highest BCUT2D eigenvalue weighted by atomic mass is 16.2. The predicted octanol–water partition coefficient (Wildman–Crippen LogP) is 1.22. The van der Waals surface area contributed by atoms with Crippen LogP contribution in [0.3, 0.4) is 0 Å². The minimum Gasteiger partial charge on any atom is -0.334 e. The second-order valence-corrected chi connectivity index (χ2v) is 6.49. The van der Waals surface area contributed by atoms with Gasteiger partial charge in [-0.05, 0) is 32.3 Å². The van der Waals surface area contributed by atoms with Gasteiger partial charge in [0.15, 0.2) is 0 Å². The number of nitrogens with one attached hydrogen (secondary N) is 1. The molecule has 0 aromatic carbocycles. The highest BCUT2D eigenvalue weighted by molar-refractivity contribution is 5.94. The Morgan fingerprint density at radius 2 is 2.28 bits per heavy atom. The van der Waals surface area contributed by atoms with Crippen LogP contribution in [0.4, 0.5) is 0 Å². The first kappa shape index (κ1) is 15.6. The molecule has 0 unspecified atom stereocenters. The Kier molecular flexibility index (Phi) is 3.87. The van der Waals surface area contributed by atoms with Gasteiger partial charge in [-0.2, -0.15) is 10.2 Å². The maximum atomic E-state index is 13.0. The van der Waals surface area contributed by atoms with E-state index < -0.39 is 0 Å². The van der Waals surface area contributed by atoms with Crippen LogP contribution in [0, 0.1) is 6.92 Å². The van der Waals surface area contributed by atoms with Crippen LogP contribution in [-0.4, -0.2) is 47.8 Å². The van der Waals surface area contributed by atoms with Crippen molar-refractivity contribution in [3.63, 3.8) is 0 Å². The number of carbonyl (C=O) groups excluding carboxylic acids is 1. The summed E-state index contributed by atoms with van der Waals surface area (Å²) in [7, 11) is 0. The van der Waals surface area contributed by atoms with Crippen molar-refractivity contribution >= 4 is 11.6 Å². The molecule has 0 spiro atoms. The fourth-order valence-electron chi connectivity index (χ4n) is 3.46. The van der Waals surface area contributed by atoms with Gasteiger partial charge in [-0.15, -0.1) is 0 Å². The molecule has 1 aliphatic rings. The van der Waals surface area contributed by atoms with Crippen LogP contribution >= 0.6 is 0 Å². The maximum absolute atomic E-state index is 13.0. The van der Waals surface area contributed by atoms with E-state index in [4.69, 9.17) is 0 Å². The van der Waals surface area contributed by atoms with E-state index in [1.165, 1.54) is 6.20 Å². The topological polar surface area (TPSA) is 88.3 Å². The maximum Gasteiger partial charge on any atom is 0.264 e. The van der Waals surface area contributed by atoms with Crippen LogP contribution in [0.15, 0.2) is 35.5 Å². The van der Waals surface area contributed by atoms with Crippen molar-refractivity contribution in [3.8, 4) is 0 Å². The number of aryl methyl sites for hydroxylation is 1. The van der Waals surface area contributed by atoms with Crippen LogP contribution in [0.5, 0.6) is 0 Å². The summed E-state index contributed by atoms with van der Waals surface area (Å²) in [6, 6.07) is 3.68. The fraction of sp³-hybridized carbons (Fsp3) is 0.412. The van der Waals surface area contributed by atoms with Gasteiger partial charge in [0.25, 0.3) is 11.5 Å². The first-order chi connectivity index (χ1) is 12.1. The summed E-state index contributed by atoms with van der Waals surface area (Å²) < 4.78 is 3.39. The second-order valence-electron chi connectivity index (χ2n) is 6.49. The minimum atomic E-state index is -0.374. The van der Waals surface area contributed by atoms with E-state index in [0.29, 0.717) is 18.7 Å². The van der Waals surface area contributed by atoms with Gasteiger partial charge in [0.2, 0.25) is 0 Å². The van der Waals surface area contributed by atoms with E-state index in [9.17, 15) is 9.59 Å². The molecule has 1 fully saturated rings. The molecule has 1 aliphatic heterocycles. The monoisotopic (exact) mass is 340 g/mol. The number of likely N-dealkylation sites (tertiary alicyclic amines) is 1. The lowest BCUT2D eigenvalue weighted by molar-refractivity contribution is 0.0581. The summed E-state index contributed by atoms with van der Waals surface area (Å²) in [4.78, 5) is 30.0. The average Bonchev–Trinajstić information content (AvgIpc) is 3.22. The number of aromatic nitrogens is 5. The molecule has 3 aromatic rings. The van der Waals surface area contributed by atoms with Crippen molar-refractivity contribution in [1.29, 1.82) is 0 Å². The molecule has 3 aromatic heterocycles. The molecule has 1 saturated heterocycles. The van der Waals surface area contributed by atoms with Crippen molar-refractivity contribution in [2.45, 2.75) is 38.8 Å². The predicted molar refractivity (Wildman–Crippen MR) is 91.5 cm³/mol. The fourth-order valence-corrected chi connectivity index (χ4v) is 3.46. The Bertz CT molecular complexity index is 955.